The Morgan fingerprint density at radius 2 is 2.05 bits per heavy atom. The van der Waals surface area contributed by atoms with Gasteiger partial charge in [0, 0.05) is 12.7 Å². The van der Waals surface area contributed by atoms with Crippen molar-refractivity contribution in [2.45, 2.75) is 51.6 Å². The van der Waals surface area contributed by atoms with Gasteiger partial charge in [0.1, 0.15) is 0 Å². The molecule has 1 atom stereocenters. The number of nitrogens with zero attached hydrogens (tertiary/aromatic N) is 2. The van der Waals surface area contributed by atoms with Gasteiger partial charge in [0.05, 0.1) is 22.8 Å². The maximum atomic E-state index is 12.3. The molecule has 1 fully saturated rings. The van der Waals surface area contributed by atoms with Crippen molar-refractivity contribution in [3.8, 4) is 0 Å². The van der Waals surface area contributed by atoms with Gasteiger partial charge in [-0.05, 0) is 46.5 Å². The lowest BCUT2D eigenvalue weighted by Crippen LogP contribution is -2.53. The summed E-state index contributed by atoms with van der Waals surface area (Å²) in [6.45, 7) is 8.65. The Hall–Kier alpha value is -1.07. The molecule has 0 spiro atoms. The van der Waals surface area contributed by atoms with Gasteiger partial charge in [-0.2, -0.15) is 5.10 Å². The van der Waals surface area contributed by atoms with Gasteiger partial charge in [-0.1, -0.05) is 0 Å². The van der Waals surface area contributed by atoms with E-state index in [2.05, 4.69) is 31.2 Å². The molecule has 1 heterocycles. The molecule has 1 aliphatic carbocycles. The highest BCUT2D eigenvalue weighted by molar-refractivity contribution is 5.94. The molecule has 114 valence electrons. The molecule has 0 saturated heterocycles. The minimum atomic E-state index is -0.291. The Balaban J connectivity index is 0.00000200. The van der Waals surface area contributed by atoms with Crippen LogP contribution >= 0.6 is 12.4 Å². The number of nitrogens with two attached hydrogens (primary N) is 1. The third kappa shape index (κ3) is 3.52. The molecule has 1 saturated carbocycles. The van der Waals surface area contributed by atoms with E-state index in [0.29, 0.717) is 18.0 Å². The molecular weight excluding hydrogens is 276 g/mol. The quantitative estimate of drug-likeness (QED) is 0.892. The van der Waals surface area contributed by atoms with E-state index in [-0.39, 0.29) is 29.4 Å². The molecule has 1 aromatic heterocycles. The highest BCUT2D eigenvalue weighted by Gasteiger charge is 2.41. The zero-order valence-electron chi connectivity index (χ0n) is 12.6. The van der Waals surface area contributed by atoms with Crippen LogP contribution in [-0.4, -0.2) is 27.8 Å². The zero-order chi connectivity index (χ0) is 14.3. The normalized spacial score (nSPS) is 18.1. The molecular formula is C14H25ClN4O. The number of hydrogen-bond donors (Lipinski definition) is 2. The van der Waals surface area contributed by atoms with E-state index in [4.69, 9.17) is 5.73 Å². The molecule has 1 aliphatic rings. The minimum absolute atomic E-state index is 0. The molecule has 20 heavy (non-hydrogen) atoms. The summed E-state index contributed by atoms with van der Waals surface area (Å²) in [5.41, 5.74) is 6.00. The molecule has 6 heteroatoms. The first-order valence-electron chi connectivity index (χ1n) is 6.84. The second kappa shape index (κ2) is 5.74. The molecule has 1 unspecified atom stereocenters. The van der Waals surface area contributed by atoms with Crippen molar-refractivity contribution in [1.82, 2.24) is 15.1 Å². The molecule has 0 aliphatic heterocycles. The van der Waals surface area contributed by atoms with E-state index in [1.807, 2.05) is 6.92 Å². The molecule has 0 bridgehead atoms. The predicted octanol–water partition coefficient (Wildman–Crippen LogP) is 1.92. The lowest BCUT2D eigenvalue weighted by molar-refractivity contribution is 0.0897. The van der Waals surface area contributed by atoms with E-state index < -0.39 is 0 Å². The van der Waals surface area contributed by atoms with Crippen LogP contribution in [0.1, 0.15) is 50.9 Å². The highest BCUT2D eigenvalue weighted by atomic mass is 35.5. The fraction of sp³-hybridized carbons (Fsp3) is 0.714. The Morgan fingerprint density at radius 1 is 1.45 bits per heavy atom. The van der Waals surface area contributed by atoms with Crippen molar-refractivity contribution in [1.29, 1.82) is 0 Å². The molecule has 0 radical (unpaired) electrons. The van der Waals surface area contributed by atoms with Gasteiger partial charge in [0.2, 0.25) is 0 Å². The average molecular weight is 301 g/mol. The molecule has 3 N–H and O–H groups in total. The van der Waals surface area contributed by atoms with Crippen LogP contribution in [0.5, 0.6) is 0 Å². The fourth-order valence-electron chi connectivity index (χ4n) is 2.18. The van der Waals surface area contributed by atoms with E-state index in [9.17, 15) is 4.79 Å². The molecule has 1 amide bonds. The summed E-state index contributed by atoms with van der Waals surface area (Å²) in [4.78, 5) is 12.3. The number of rotatable bonds is 4. The minimum Gasteiger partial charge on any atom is -0.345 e. The smallest absolute Gasteiger partial charge is 0.254 e. The van der Waals surface area contributed by atoms with Gasteiger partial charge in [-0.3, -0.25) is 9.48 Å². The summed E-state index contributed by atoms with van der Waals surface area (Å²) in [5.74, 6) is 0.425. The van der Waals surface area contributed by atoms with Crippen LogP contribution in [0.3, 0.4) is 0 Å². The molecule has 2 rings (SSSR count). The van der Waals surface area contributed by atoms with Crippen LogP contribution < -0.4 is 11.1 Å². The number of halogens is 1. The van der Waals surface area contributed by atoms with Crippen LogP contribution in [0, 0.1) is 5.92 Å². The Labute approximate surface area is 126 Å². The highest BCUT2D eigenvalue weighted by Crippen LogP contribution is 2.39. The molecule has 0 aromatic carbocycles. The first-order valence-corrected chi connectivity index (χ1v) is 6.84. The largest absolute Gasteiger partial charge is 0.345 e. The maximum Gasteiger partial charge on any atom is 0.254 e. The standard InChI is InChI=1S/C14H24N4O.ClH/c1-13(2,3)18-8-10(7-16-18)12(19)17-14(4,9-15)11-5-6-11;/h7-8,11H,5-6,9,15H2,1-4H3,(H,17,19);1H. The Morgan fingerprint density at radius 3 is 2.45 bits per heavy atom. The third-order valence-electron chi connectivity index (χ3n) is 3.83. The van der Waals surface area contributed by atoms with Gasteiger partial charge in [-0.25, -0.2) is 0 Å². The average Bonchev–Trinajstić information content (AvgIpc) is 3.05. The van der Waals surface area contributed by atoms with Crippen molar-refractivity contribution < 1.29 is 4.79 Å². The van der Waals surface area contributed by atoms with Crippen molar-refractivity contribution >= 4 is 18.3 Å². The molecule has 5 nitrogen and oxygen atoms in total. The van der Waals surface area contributed by atoms with E-state index >= 15 is 0 Å². The lowest BCUT2D eigenvalue weighted by Gasteiger charge is -2.29. The van der Waals surface area contributed by atoms with Crippen LogP contribution in [-0.2, 0) is 5.54 Å². The van der Waals surface area contributed by atoms with Crippen LogP contribution in [0.2, 0.25) is 0 Å². The lowest BCUT2D eigenvalue weighted by atomic mass is 9.95. The maximum absolute atomic E-state index is 12.3. The second-order valence-corrected chi connectivity index (χ2v) is 6.69. The molecule has 1 aromatic rings. The second-order valence-electron chi connectivity index (χ2n) is 6.69. The van der Waals surface area contributed by atoms with Gasteiger partial charge in [-0.15, -0.1) is 12.4 Å². The monoisotopic (exact) mass is 300 g/mol. The first-order chi connectivity index (χ1) is 8.76. The van der Waals surface area contributed by atoms with E-state index in [0.717, 1.165) is 12.8 Å². The van der Waals surface area contributed by atoms with Gasteiger partial charge >= 0.3 is 0 Å². The van der Waals surface area contributed by atoms with Gasteiger partial charge in [0.15, 0.2) is 0 Å². The van der Waals surface area contributed by atoms with Crippen molar-refractivity contribution in [2.75, 3.05) is 6.54 Å². The van der Waals surface area contributed by atoms with Crippen molar-refractivity contribution in [3.63, 3.8) is 0 Å². The summed E-state index contributed by atoms with van der Waals surface area (Å²) in [7, 11) is 0. The Kier molecular flexibility index (Phi) is 4.87. The van der Waals surface area contributed by atoms with Crippen LogP contribution in [0.4, 0.5) is 0 Å². The number of aromatic nitrogens is 2. The SMILES string of the molecule is CC(CN)(NC(=O)c1cnn(C(C)(C)C)c1)C1CC1.Cl. The van der Waals surface area contributed by atoms with E-state index in [1.54, 1.807) is 17.1 Å². The number of amides is 1. The summed E-state index contributed by atoms with van der Waals surface area (Å²) in [5, 5.41) is 7.32. The summed E-state index contributed by atoms with van der Waals surface area (Å²) < 4.78 is 1.80. The number of nitrogens with one attached hydrogen (secondary N) is 1. The topological polar surface area (TPSA) is 72.9 Å². The van der Waals surface area contributed by atoms with Crippen molar-refractivity contribution in [3.05, 3.63) is 18.0 Å². The predicted molar refractivity (Wildman–Crippen MR) is 82.1 cm³/mol. The zero-order valence-corrected chi connectivity index (χ0v) is 13.5. The third-order valence-corrected chi connectivity index (χ3v) is 3.83. The fourth-order valence-corrected chi connectivity index (χ4v) is 2.18. The van der Waals surface area contributed by atoms with E-state index in [1.165, 1.54) is 0 Å². The summed E-state index contributed by atoms with van der Waals surface area (Å²) in [6, 6.07) is 0. The number of carbonyl (C=O) groups excluding carboxylic acids is 1. The summed E-state index contributed by atoms with van der Waals surface area (Å²) in [6.07, 6.45) is 5.70. The van der Waals surface area contributed by atoms with Crippen LogP contribution in [0.25, 0.3) is 0 Å². The number of carbonyl (C=O) groups is 1. The summed E-state index contributed by atoms with van der Waals surface area (Å²) >= 11 is 0. The van der Waals surface area contributed by atoms with Crippen molar-refractivity contribution in [2.24, 2.45) is 11.7 Å². The first kappa shape index (κ1) is 17.0. The number of hydrogen-bond acceptors (Lipinski definition) is 3. The van der Waals surface area contributed by atoms with Gasteiger partial charge in [0.25, 0.3) is 5.91 Å². The van der Waals surface area contributed by atoms with Crippen LogP contribution in [0.15, 0.2) is 12.4 Å². The Bertz CT molecular complexity index is 476. The van der Waals surface area contributed by atoms with Gasteiger partial charge < -0.3 is 11.1 Å².